The van der Waals surface area contributed by atoms with Gasteiger partial charge < -0.3 is 4.74 Å². The maximum absolute atomic E-state index is 12.7. The second-order valence-corrected chi connectivity index (χ2v) is 5.99. The summed E-state index contributed by atoms with van der Waals surface area (Å²) in [6, 6.07) is 12.5. The lowest BCUT2D eigenvalue weighted by Gasteiger charge is -2.17. The Morgan fingerprint density at radius 1 is 1.09 bits per heavy atom. The van der Waals surface area contributed by atoms with E-state index in [1.807, 2.05) is 6.07 Å². The number of carbonyl (C=O) groups excluding carboxylic acids is 2. The summed E-state index contributed by atoms with van der Waals surface area (Å²) in [5.74, 6) is 0.412. The molecule has 3 rings (SSSR count). The summed E-state index contributed by atoms with van der Waals surface area (Å²) < 4.78 is 5.92. The quantitative estimate of drug-likeness (QED) is 0.814. The van der Waals surface area contributed by atoms with Gasteiger partial charge in [-0.15, -0.1) is 0 Å². The maximum atomic E-state index is 12.7. The second-order valence-electron chi connectivity index (χ2n) is 5.99. The molecule has 23 heavy (non-hydrogen) atoms. The first-order valence-corrected chi connectivity index (χ1v) is 7.41. The molecule has 0 aliphatic carbocycles. The molecule has 0 radical (unpaired) electrons. The van der Waals surface area contributed by atoms with Gasteiger partial charge in [-0.3, -0.25) is 14.6 Å². The van der Waals surface area contributed by atoms with E-state index in [2.05, 4.69) is 4.98 Å². The van der Waals surface area contributed by atoms with Crippen LogP contribution in [-0.4, -0.2) is 22.2 Å². The van der Waals surface area contributed by atoms with Crippen LogP contribution in [0.15, 0.2) is 48.7 Å². The van der Waals surface area contributed by atoms with E-state index in [1.165, 1.54) is 6.92 Å². The molecule has 0 saturated heterocycles. The van der Waals surface area contributed by atoms with Gasteiger partial charge in [0, 0.05) is 17.3 Å². The van der Waals surface area contributed by atoms with Gasteiger partial charge in [-0.1, -0.05) is 30.3 Å². The van der Waals surface area contributed by atoms with Crippen LogP contribution in [0.25, 0.3) is 11.3 Å². The molecular formula is C19H17NO3. The molecule has 1 aliphatic heterocycles. The molecule has 1 aliphatic rings. The lowest BCUT2D eigenvalue weighted by molar-refractivity contribution is -0.125. The van der Waals surface area contributed by atoms with Crippen molar-refractivity contribution in [3.8, 4) is 0 Å². The number of ether oxygens (including phenoxy) is 1. The molecule has 4 heteroatoms. The minimum atomic E-state index is -0.929. The van der Waals surface area contributed by atoms with Gasteiger partial charge in [-0.25, -0.2) is 0 Å². The average molecular weight is 307 g/mol. The Morgan fingerprint density at radius 2 is 1.78 bits per heavy atom. The molecule has 1 aromatic carbocycles. The third kappa shape index (κ3) is 2.68. The third-order valence-electron chi connectivity index (χ3n) is 3.83. The molecular weight excluding hydrogens is 290 g/mol. The smallest absolute Gasteiger partial charge is 0.211 e. The Labute approximate surface area is 134 Å². The van der Waals surface area contributed by atoms with Crippen molar-refractivity contribution in [1.82, 2.24) is 4.98 Å². The zero-order valence-corrected chi connectivity index (χ0v) is 13.3. The Bertz CT molecular complexity index is 802. The highest BCUT2D eigenvalue weighted by atomic mass is 16.5. The molecule has 0 spiro atoms. The predicted molar refractivity (Wildman–Crippen MR) is 87.7 cm³/mol. The zero-order chi connectivity index (χ0) is 16.6. The Balaban J connectivity index is 2.14. The van der Waals surface area contributed by atoms with Gasteiger partial charge in [0.05, 0.1) is 11.3 Å². The topological polar surface area (TPSA) is 56.3 Å². The Morgan fingerprint density at radius 3 is 2.35 bits per heavy atom. The SMILES string of the molecule is CC(=O)c1ccc(C2=C(c3ccccn3)C(=O)C(C)(C)O2)cc1. The van der Waals surface area contributed by atoms with Gasteiger partial charge in [0.1, 0.15) is 5.76 Å². The number of ketones is 2. The van der Waals surface area contributed by atoms with Crippen LogP contribution in [0.5, 0.6) is 0 Å². The van der Waals surface area contributed by atoms with Crippen molar-refractivity contribution in [2.75, 3.05) is 0 Å². The van der Waals surface area contributed by atoms with Gasteiger partial charge in [-0.05, 0) is 32.9 Å². The van der Waals surface area contributed by atoms with E-state index in [0.29, 0.717) is 22.6 Å². The van der Waals surface area contributed by atoms with Crippen molar-refractivity contribution in [2.24, 2.45) is 0 Å². The van der Waals surface area contributed by atoms with E-state index in [-0.39, 0.29) is 11.6 Å². The van der Waals surface area contributed by atoms with Crippen molar-refractivity contribution < 1.29 is 14.3 Å². The van der Waals surface area contributed by atoms with Gasteiger partial charge in [-0.2, -0.15) is 0 Å². The van der Waals surface area contributed by atoms with E-state index >= 15 is 0 Å². The summed E-state index contributed by atoms with van der Waals surface area (Å²) in [5, 5.41) is 0. The highest BCUT2D eigenvalue weighted by Gasteiger charge is 2.43. The van der Waals surface area contributed by atoms with Gasteiger partial charge in [0.2, 0.25) is 5.78 Å². The van der Waals surface area contributed by atoms with Crippen LogP contribution in [0.4, 0.5) is 0 Å². The summed E-state index contributed by atoms with van der Waals surface area (Å²) in [5.41, 5.74) is 1.52. The minimum absolute atomic E-state index is 0.000717. The normalized spacial score (nSPS) is 16.4. The van der Waals surface area contributed by atoms with Gasteiger partial charge in [0.15, 0.2) is 11.4 Å². The molecule has 0 bridgehead atoms. The number of nitrogens with zero attached hydrogens (tertiary/aromatic N) is 1. The number of rotatable bonds is 3. The fourth-order valence-corrected chi connectivity index (χ4v) is 2.56. The molecule has 4 nitrogen and oxygen atoms in total. The minimum Gasteiger partial charge on any atom is -0.478 e. The van der Waals surface area contributed by atoms with E-state index in [1.54, 1.807) is 56.4 Å². The second kappa shape index (κ2) is 5.47. The summed E-state index contributed by atoms with van der Waals surface area (Å²) >= 11 is 0. The van der Waals surface area contributed by atoms with Crippen molar-refractivity contribution >= 4 is 22.9 Å². The molecule has 116 valence electrons. The Hall–Kier alpha value is -2.75. The summed E-state index contributed by atoms with van der Waals surface area (Å²) in [6.07, 6.45) is 1.65. The summed E-state index contributed by atoms with van der Waals surface area (Å²) in [4.78, 5) is 28.4. The molecule has 0 amide bonds. The molecule has 0 unspecified atom stereocenters. The van der Waals surface area contributed by atoms with Crippen LogP contribution in [0, 0.1) is 0 Å². The van der Waals surface area contributed by atoms with E-state index in [4.69, 9.17) is 4.74 Å². The highest BCUT2D eigenvalue weighted by molar-refractivity contribution is 6.32. The van der Waals surface area contributed by atoms with Crippen LogP contribution < -0.4 is 0 Å². The monoisotopic (exact) mass is 307 g/mol. The molecule has 0 saturated carbocycles. The van der Waals surface area contributed by atoms with Crippen molar-refractivity contribution in [2.45, 2.75) is 26.4 Å². The number of carbonyl (C=O) groups is 2. The standard InChI is InChI=1S/C19H17NO3/c1-12(21)13-7-9-14(10-8-13)17-16(15-6-4-5-11-20-15)18(22)19(2,3)23-17/h4-11H,1-3H3. The highest BCUT2D eigenvalue weighted by Crippen LogP contribution is 2.40. The fraction of sp³-hybridized carbons (Fsp3) is 0.211. The van der Waals surface area contributed by atoms with Crippen molar-refractivity contribution in [3.63, 3.8) is 0 Å². The molecule has 2 aromatic rings. The largest absolute Gasteiger partial charge is 0.478 e. The van der Waals surface area contributed by atoms with Crippen LogP contribution in [0.3, 0.4) is 0 Å². The van der Waals surface area contributed by atoms with Crippen LogP contribution in [0.1, 0.15) is 42.4 Å². The van der Waals surface area contributed by atoms with E-state index in [9.17, 15) is 9.59 Å². The Kier molecular flexibility index (Phi) is 3.60. The number of aromatic nitrogens is 1. The number of hydrogen-bond donors (Lipinski definition) is 0. The van der Waals surface area contributed by atoms with Crippen molar-refractivity contribution in [1.29, 1.82) is 0 Å². The number of benzene rings is 1. The molecule has 0 atom stereocenters. The number of hydrogen-bond acceptors (Lipinski definition) is 4. The summed E-state index contributed by atoms with van der Waals surface area (Å²) in [7, 11) is 0. The average Bonchev–Trinajstić information content (AvgIpc) is 2.78. The van der Waals surface area contributed by atoms with Gasteiger partial charge >= 0.3 is 0 Å². The van der Waals surface area contributed by atoms with Crippen LogP contribution in [0.2, 0.25) is 0 Å². The number of Topliss-reactive ketones (excluding diaryl/α,β-unsaturated/α-hetero) is 2. The third-order valence-corrected chi connectivity index (χ3v) is 3.83. The van der Waals surface area contributed by atoms with E-state index < -0.39 is 5.60 Å². The summed E-state index contributed by atoms with van der Waals surface area (Å²) in [6.45, 7) is 5.01. The lowest BCUT2D eigenvalue weighted by Crippen LogP contribution is -2.29. The predicted octanol–water partition coefficient (Wildman–Crippen LogP) is 3.53. The number of pyridine rings is 1. The zero-order valence-electron chi connectivity index (χ0n) is 13.3. The maximum Gasteiger partial charge on any atom is 0.211 e. The van der Waals surface area contributed by atoms with Crippen molar-refractivity contribution in [3.05, 3.63) is 65.5 Å². The molecule has 0 fully saturated rings. The van der Waals surface area contributed by atoms with Gasteiger partial charge in [0.25, 0.3) is 0 Å². The first kappa shape index (κ1) is 15.2. The molecule has 2 heterocycles. The lowest BCUT2D eigenvalue weighted by atomic mass is 9.95. The first-order valence-electron chi connectivity index (χ1n) is 7.41. The van der Waals surface area contributed by atoms with E-state index in [0.717, 1.165) is 5.56 Å². The molecule has 0 N–H and O–H groups in total. The molecule has 1 aromatic heterocycles. The van der Waals surface area contributed by atoms with Crippen LogP contribution >= 0.6 is 0 Å². The first-order chi connectivity index (χ1) is 10.9. The van der Waals surface area contributed by atoms with Crippen LogP contribution in [-0.2, 0) is 9.53 Å². The fourth-order valence-electron chi connectivity index (χ4n) is 2.56.